The Labute approximate surface area is 210 Å². The number of carbonyl (C=O) groups is 4. The van der Waals surface area contributed by atoms with E-state index < -0.39 is 10.8 Å². The fourth-order valence-corrected chi connectivity index (χ4v) is 5.05. The molecule has 34 heavy (non-hydrogen) atoms. The fraction of sp³-hybridized carbons (Fsp3) is 0.667. The van der Waals surface area contributed by atoms with Gasteiger partial charge in [0.25, 0.3) is 0 Å². The van der Waals surface area contributed by atoms with Crippen LogP contribution in [0, 0.1) is 10.8 Å². The van der Waals surface area contributed by atoms with Crippen molar-refractivity contribution in [2.75, 3.05) is 36.2 Å². The summed E-state index contributed by atoms with van der Waals surface area (Å²) in [5.74, 6) is 2.32. The molecule has 0 fully saturated rings. The molecule has 2 rings (SSSR count). The van der Waals surface area contributed by atoms with Gasteiger partial charge in [0, 0.05) is 22.9 Å². The van der Waals surface area contributed by atoms with Gasteiger partial charge in [-0.1, -0.05) is 12.2 Å². The normalized spacial score (nSPS) is 18.1. The van der Waals surface area contributed by atoms with Crippen LogP contribution in [0.25, 0.3) is 0 Å². The molecule has 2 N–H and O–H groups in total. The SMILES string of the molecule is CC1(C)C=C(CCSCCC(=O)OCCOC(=O)CCSCCC2=CC(C)(C)C(=O)N2)NC1=O. The number of hydrogen-bond donors (Lipinski definition) is 2. The van der Waals surface area contributed by atoms with Gasteiger partial charge in [-0.3, -0.25) is 19.2 Å². The van der Waals surface area contributed by atoms with Gasteiger partial charge < -0.3 is 20.1 Å². The lowest BCUT2D eigenvalue weighted by Gasteiger charge is -2.09. The molecule has 190 valence electrons. The molecule has 0 saturated heterocycles. The molecular formula is C24H36N2O6S2. The second-order valence-corrected chi connectivity index (χ2v) is 11.8. The van der Waals surface area contributed by atoms with E-state index in [9.17, 15) is 19.2 Å². The number of carbonyl (C=O) groups excluding carboxylic acids is 4. The van der Waals surface area contributed by atoms with Crippen molar-refractivity contribution in [2.24, 2.45) is 10.8 Å². The quantitative estimate of drug-likeness (QED) is 0.254. The zero-order valence-electron chi connectivity index (χ0n) is 20.5. The highest BCUT2D eigenvalue weighted by Gasteiger charge is 2.32. The highest BCUT2D eigenvalue weighted by atomic mass is 32.2. The topological polar surface area (TPSA) is 111 Å². The summed E-state index contributed by atoms with van der Waals surface area (Å²) in [6.07, 6.45) is 6.02. The maximum Gasteiger partial charge on any atom is 0.306 e. The molecule has 0 aromatic rings. The Morgan fingerprint density at radius 3 is 1.44 bits per heavy atom. The standard InChI is InChI=1S/C24H36N2O6S2/c1-23(2)15-17(25-21(23)29)5-11-33-13-7-19(27)31-9-10-32-20(28)8-14-34-12-6-18-16-24(3,4)22(30)26-18/h15-16H,5-14H2,1-4H3,(H,25,29)(H,26,30). The Hall–Kier alpha value is -1.94. The first-order valence-electron chi connectivity index (χ1n) is 11.5. The van der Waals surface area contributed by atoms with Gasteiger partial charge in [0.2, 0.25) is 11.8 Å². The summed E-state index contributed by atoms with van der Waals surface area (Å²) in [6, 6.07) is 0. The van der Waals surface area contributed by atoms with Gasteiger partial charge in [0.1, 0.15) is 13.2 Å². The molecule has 8 nitrogen and oxygen atoms in total. The van der Waals surface area contributed by atoms with Crippen molar-refractivity contribution in [1.29, 1.82) is 0 Å². The van der Waals surface area contributed by atoms with Crippen molar-refractivity contribution in [1.82, 2.24) is 10.6 Å². The molecule has 2 aliphatic rings. The van der Waals surface area contributed by atoms with Crippen molar-refractivity contribution >= 4 is 47.3 Å². The number of rotatable bonds is 15. The van der Waals surface area contributed by atoms with Crippen LogP contribution in [-0.4, -0.2) is 60.0 Å². The first-order valence-corrected chi connectivity index (χ1v) is 13.8. The summed E-state index contributed by atoms with van der Waals surface area (Å²) in [6.45, 7) is 7.64. The van der Waals surface area contributed by atoms with E-state index in [0.717, 1.165) is 35.7 Å². The summed E-state index contributed by atoms with van der Waals surface area (Å²) in [5, 5.41) is 5.76. The van der Waals surface area contributed by atoms with Crippen molar-refractivity contribution in [3.8, 4) is 0 Å². The lowest BCUT2D eigenvalue weighted by molar-refractivity contribution is -0.151. The van der Waals surface area contributed by atoms with E-state index in [1.807, 2.05) is 39.8 Å². The second kappa shape index (κ2) is 13.2. The maximum absolute atomic E-state index is 11.8. The van der Waals surface area contributed by atoms with Gasteiger partial charge in [-0.25, -0.2) is 0 Å². The molecule has 2 heterocycles. The third kappa shape index (κ3) is 9.74. The van der Waals surface area contributed by atoms with Gasteiger partial charge in [0.05, 0.1) is 23.7 Å². The zero-order valence-corrected chi connectivity index (χ0v) is 22.1. The minimum atomic E-state index is -0.447. The highest BCUT2D eigenvalue weighted by molar-refractivity contribution is 7.99. The Morgan fingerprint density at radius 1 is 0.735 bits per heavy atom. The number of hydrogen-bond acceptors (Lipinski definition) is 8. The summed E-state index contributed by atoms with van der Waals surface area (Å²) >= 11 is 3.26. The van der Waals surface area contributed by atoms with Gasteiger partial charge in [-0.2, -0.15) is 23.5 Å². The number of nitrogens with one attached hydrogen (secondary N) is 2. The summed E-state index contributed by atoms with van der Waals surface area (Å²) in [4.78, 5) is 47.0. The molecule has 0 aliphatic carbocycles. The zero-order chi connectivity index (χ0) is 25.2. The van der Waals surface area contributed by atoms with Crippen molar-refractivity contribution in [2.45, 2.75) is 53.4 Å². The van der Waals surface area contributed by atoms with Crippen LogP contribution in [-0.2, 0) is 28.7 Å². The van der Waals surface area contributed by atoms with Gasteiger partial charge in [0.15, 0.2) is 0 Å². The van der Waals surface area contributed by atoms with Crippen LogP contribution in [0.2, 0.25) is 0 Å². The Kier molecular flexibility index (Phi) is 11.0. The largest absolute Gasteiger partial charge is 0.462 e. The molecule has 0 radical (unpaired) electrons. The molecule has 0 spiro atoms. The number of allylic oxidation sites excluding steroid dienone is 2. The molecule has 0 atom stereocenters. The van der Waals surface area contributed by atoms with Crippen LogP contribution in [0.4, 0.5) is 0 Å². The van der Waals surface area contributed by atoms with Gasteiger partial charge >= 0.3 is 11.9 Å². The monoisotopic (exact) mass is 512 g/mol. The van der Waals surface area contributed by atoms with Gasteiger partial charge in [-0.05, 0) is 52.0 Å². The van der Waals surface area contributed by atoms with Crippen LogP contribution in [0.1, 0.15) is 53.4 Å². The second-order valence-electron chi connectivity index (χ2n) is 9.36. The van der Waals surface area contributed by atoms with Crippen LogP contribution in [0.3, 0.4) is 0 Å². The van der Waals surface area contributed by atoms with Crippen LogP contribution in [0.15, 0.2) is 23.5 Å². The molecule has 0 unspecified atom stereocenters. The number of esters is 2. The van der Waals surface area contributed by atoms with E-state index in [1.165, 1.54) is 0 Å². The number of amides is 2. The molecule has 2 aliphatic heterocycles. The summed E-state index contributed by atoms with van der Waals surface area (Å²) in [7, 11) is 0. The lowest BCUT2D eigenvalue weighted by Crippen LogP contribution is -2.27. The number of thioether (sulfide) groups is 2. The maximum atomic E-state index is 11.8. The lowest BCUT2D eigenvalue weighted by atomic mass is 9.94. The molecule has 10 heteroatoms. The first-order chi connectivity index (χ1) is 16.0. The van der Waals surface area contributed by atoms with Crippen LogP contribution in [0.5, 0.6) is 0 Å². The highest BCUT2D eigenvalue weighted by Crippen LogP contribution is 2.27. The van der Waals surface area contributed by atoms with Crippen LogP contribution >= 0.6 is 23.5 Å². The predicted molar refractivity (Wildman–Crippen MR) is 135 cm³/mol. The van der Waals surface area contributed by atoms with E-state index in [4.69, 9.17) is 9.47 Å². The average Bonchev–Trinajstić information content (AvgIpc) is 3.16. The third-order valence-corrected chi connectivity index (χ3v) is 7.30. The minimum Gasteiger partial charge on any atom is -0.462 e. The third-order valence-electron chi connectivity index (χ3n) is 5.33. The Bertz CT molecular complexity index is 767. The van der Waals surface area contributed by atoms with Crippen molar-refractivity contribution < 1.29 is 28.7 Å². The fourth-order valence-electron chi connectivity index (χ4n) is 3.29. The van der Waals surface area contributed by atoms with Crippen LogP contribution < -0.4 is 10.6 Å². The molecule has 0 aromatic carbocycles. The Morgan fingerprint density at radius 2 is 1.12 bits per heavy atom. The molecule has 0 saturated carbocycles. The molecular weight excluding hydrogens is 476 g/mol. The first kappa shape index (κ1) is 28.3. The average molecular weight is 513 g/mol. The van der Waals surface area contributed by atoms with Crippen molar-refractivity contribution in [3.63, 3.8) is 0 Å². The molecule has 0 bridgehead atoms. The number of ether oxygens (including phenoxy) is 2. The molecule has 2 amide bonds. The minimum absolute atomic E-state index is 0.0215. The summed E-state index contributed by atoms with van der Waals surface area (Å²) in [5.41, 5.74) is 0.983. The van der Waals surface area contributed by atoms with E-state index >= 15 is 0 Å². The van der Waals surface area contributed by atoms with E-state index in [2.05, 4.69) is 10.6 Å². The molecule has 0 aromatic heterocycles. The Balaban J connectivity index is 1.40. The smallest absolute Gasteiger partial charge is 0.306 e. The van der Waals surface area contributed by atoms with Gasteiger partial charge in [-0.15, -0.1) is 0 Å². The summed E-state index contributed by atoms with van der Waals surface area (Å²) < 4.78 is 10.2. The predicted octanol–water partition coefficient (Wildman–Crippen LogP) is 3.18. The van der Waals surface area contributed by atoms with Crippen molar-refractivity contribution in [3.05, 3.63) is 23.5 Å². The van der Waals surface area contributed by atoms with E-state index in [1.54, 1.807) is 23.5 Å². The van der Waals surface area contributed by atoms with E-state index in [-0.39, 0.29) is 37.0 Å². The van der Waals surface area contributed by atoms with E-state index in [0.29, 0.717) is 24.3 Å².